The molecule has 1 saturated heterocycles. The number of carbonyl (C=O) groups is 1. The summed E-state index contributed by atoms with van der Waals surface area (Å²) >= 11 is 1.69. The summed E-state index contributed by atoms with van der Waals surface area (Å²) in [4.78, 5) is 20.7. The van der Waals surface area contributed by atoms with Crippen LogP contribution in [0.25, 0.3) is 4.91 Å². The number of thioether (sulfide) groups is 1. The first-order valence-corrected chi connectivity index (χ1v) is 10.9. The number of H-pyrrole nitrogens is 1. The lowest BCUT2D eigenvalue weighted by molar-refractivity contribution is -0.138. The van der Waals surface area contributed by atoms with Gasteiger partial charge in [0, 0.05) is 47.6 Å². The van der Waals surface area contributed by atoms with Crippen LogP contribution in [0, 0.1) is 11.8 Å². The van der Waals surface area contributed by atoms with Crippen LogP contribution in [0.4, 0.5) is 4.39 Å². The first-order valence-electron chi connectivity index (χ1n) is 9.89. The third-order valence-electron chi connectivity index (χ3n) is 6.31. The third kappa shape index (κ3) is 3.05. The molecule has 1 N–H and O–H groups in total. The monoisotopic (exact) mass is 398 g/mol. The van der Waals surface area contributed by atoms with Gasteiger partial charge in [-0.2, -0.15) is 5.10 Å². The van der Waals surface area contributed by atoms with Gasteiger partial charge in [-0.3, -0.25) is 14.9 Å². The van der Waals surface area contributed by atoms with Crippen molar-refractivity contribution >= 4 is 22.6 Å². The number of halogens is 1. The molecule has 1 saturated carbocycles. The summed E-state index contributed by atoms with van der Waals surface area (Å²) in [5, 5.41) is 6.81. The highest BCUT2D eigenvalue weighted by molar-refractivity contribution is 8.08. The van der Waals surface area contributed by atoms with E-state index in [0.29, 0.717) is 18.5 Å². The van der Waals surface area contributed by atoms with Gasteiger partial charge in [-0.25, -0.2) is 4.39 Å². The second-order valence-electron chi connectivity index (χ2n) is 8.03. The zero-order valence-corrected chi connectivity index (χ0v) is 16.4. The van der Waals surface area contributed by atoms with Crippen LogP contribution in [-0.4, -0.2) is 44.3 Å². The zero-order chi connectivity index (χ0) is 19.1. The Hall–Kier alpha value is -2.15. The van der Waals surface area contributed by atoms with E-state index in [0.717, 1.165) is 35.6 Å². The fraction of sp³-hybridized carbons (Fsp3) is 0.476. The number of alkyl halides is 1. The van der Waals surface area contributed by atoms with Crippen LogP contribution >= 0.6 is 11.8 Å². The minimum absolute atomic E-state index is 0.0235. The molecule has 4 atom stereocenters. The Labute approximate surface area is 167 Å². The molecule has 3 aliphatic rings. The number of nitrogens with one attached hydrogen (secondary N) is 1. The second kappa shape index (κ2) is 7.03. The molecule has 2 aliphatic heterocycles. The molecule has 0 spiro atoms. The average Bonchev–Trinajstić information content (AvgIpc) is 3.46. The molecule has 7 heteroatoms. The molecule has 0 bridgehead atoms. The van der Waals surface area contributed by atoms with Gasteiger partial charge in [0.25, 0.3) is 0 Å². The van der Waals surface area contributed by atoms with Crippen molar-refractivity contribution in [3.63, 3.8) is 0 Å². The van der Waals surface area contributed by atoms with E-state index in [1.165, 1.54) is 0 Å². The third-order valence-corrected chi connectivity index (χ3v) is 7.52. The number of rotatable bonds is 3. The van der Waals surface area contributed by atoms with Crippen LogP contribution in [0.2, 0.25) is 0 Å². The Bertz CT molecular complexity index is 887. The molecule has 2 fully saturated rings. The molecule has 2 aromatic heterocycles. The predicted molar refractivity (Wildman–Crippen MR) is 107 cm³/mol. The summed E-state index contributed by atoms with van der Waals surface area (Å²) in [6, 6.07) is 5.40. The van der Waals surface area contributed by atoms with E-state index in [9.17, 15) is 4.79 Å². The molecule has 4 unspecified atom stereocenters. The fourth-order valence-corrected chi connectivity index (χ4v) is 6.11. The van der Waals surface area contributed by atoms with Gasteiger partial charge < -0.3 is 4.90 Å². The molecule has 4 heterocycles. The van der Waals surface area contributed by atoms with Crippen LogP contribution < -0.4 is 0 Å². The van der Waals surface area contributed by atoms with Gasteiger partial charge in [-0.1, -0.05) is 12.1 Å². The van der Waals surface area contributed by atoms with Crippen molar-refractivity contribution in [2.45, 2.75) is 37.4 Å². The molecule has 1 aliphatic carbocycles. The number of pyridine rings is 1. The van der Waals surface area contributed by atoms with Crippen molar-refractivity contribution in [2.24, 2.45) is 11.8 Å². The van der Waals surface area contributed by atoms with Gasteiger partial charge >= 0.3 is 0 Å². The van der Waals surface area contributed by atoms with Gasteiger partial charge in [-0.15, -0.1) is 11.8 Å². The number of amides is 1. The van der Waals surface area contributed by atoms with E-state index in [2.05, 4.69) is 21.3 Å². The molecular weight excluding hydrogens is 375 g/mol. The van der Waals surface area contributed by atoms with Crippen molar-refractivity contribution in [2.75, 3.05) is 12.3 Å². The molecule has 5 nitrogen and oxygen atoms in total. The SMILES string of the molecule is O=C(C1C=C(c2cn[nH]c2)SC1)N1CCCC2CC(F)(c3ccccn3)CC21. The lowest BCUT2D eigenvalue weighted by Crippen LogP contribution is -2.48. The van der Waals surface area contributed by atoms with Crippen LogP contribution in [0.1, 0.15) is 36.9 Å². The molecule has 2 aromatic rings. The van der Waals surface area contributed by atoms with E-state index < -0.39 is 5.67 Å². The topological polar surface area (TPSA) is 61.9 Å². The van der Waals surface area contributed by atoms with Gasteiger partial charge in [0.2, 0.25) is 5.91 Å². The molecule has 0 radical (unpaired) electrons. The minimum Gasteiger partial charge on any atom is -0.339 e. The van der Waals surface area contributed by atoms with Gasteiger partial charge in [0.1, 0.15) is 0 Å². The van der Waals surface area contributed by atoms with Crippen molar-refractivity contribution in [3.05, 3.63) is 54.1 Å². The van der Waals surface area contributed by atoms with Crippen molar-refractivity contribution < 1.29 is 9.18 Å². The Morgan fingerprint density at radius 1 is 1.36 bits per heavy atom. The van der Waals surface area contributed by atoms with Crippen LogP contribution in [0.5, 0.6) is 0 Å². The van der Waals surface area contributed by atoms with Crippen molar-refractivity contribution in [3.8, 4) is 0 Å². The number of hydrogen-bond donors (Lipinski definition) is 1. The van der Waals surface area contributed by atoms with Gasteiger partial charge in [0.05, 0.1) is 17.8 Å². The van der Waals surface area contributed by atoms with E-state index in [1.54, 1.807) is 30.2 Å². The molecular formula is C21H23FN4OS. The summed E-state index contributed by atoms with van der Waals surface area (Å²) in [5.74, 6) is 0.967. The highest BCUT2D eigenvalue weighted by Crippen LogP contribution is 2.50. The zero-order valence-electron chi connectivity index (χ0n) is 15.6. The first kappa shape index (κ1) is 17.9. The smallest absolute Gasteiger partial charge is 0.230 e. The Morgan fingerprint density at radius 3 is 3.07 bits per heavy atom. The van der Waals surface area contributed by atoms with Crippen LogP contribution in [0.3, 0.4) is 0 Å². The fourth-order valence-electron chi connectivity index (χ4n) is 4.97. The summed E-state index contributed by atoms with van der Waals surface area (Å²) in [6.45, 7) is 0.731. The Kier molecular flexibility index (Phi) is 4.50. The van der Waals surface area contributed by atoms with Crippen LogP contribution in [-0.2, 0) is 10.5 Å². The summed E-state index contributed by atoms with van der Waals surface area (Å²) in [7, 11) is 0. The lowest BCUT2D eigenvalue weighted by atomic mass is 9.90. The van der Waals surface area contributed by atoms with Crippen LogP contribution in [0.15, 0.2) is 42.9 Å². The summed E-state index contributed by atoms with van der Waals surface area (Å²) < 4.78 is 15.8. The lowest BCUT2D eigenvalue weighted by Gasteiger charge is -2.38. The largest absolute Gasteiger partial charge is 0.339 e. The normalized spacial score (nSPS) is 32.2. The molecule has 0 aromatic carbocycles. The van der Waals surface area contributed by atoms with Crippen molar-refractivity contribution in [1.82, 2.24) is 20.1 Å². The average molecular weight is 399 g/mol. The summed E-state index contributed by atoms with van der Waals surface area (Å²) in [6.07, 6.45) is 10.1. The molecule has 28 heavy (non-hydrogen) atoms. The number of aromatic amines is 1. The van der Waals surface area contributed by atoms with Crippen molar-refractivity contribution in [1.29, 1.82) is 0 Å². The predicted octanol–water partition coefficient (Wildman–Crippen LogP) is 3.77. The molecule has 1 amide bonds. The number of aromatic nitrogens is 3. The number of likely N-dealkylation sites (tertiary alicyclic amines) is 1. The van der Waals surface area contributed by atoms with E-state index in [1.807, 2.05) is 23.2 Å². The maximum Gasteiger partial charge on any atom is 0.230 e. The Morgan fingerprint density at radius 2 is 2.29 bits per heavy atom. The van der Waals surface area contributed by atoms with E-state index in [4.69, 9.17) is 0 Å². The first-order chi connectivity index (χ1) is 13.6. The van der Waals surface area contributed by atoms with Gasteiger partial charge in [0.15, 0.2) is 5.67 Å². The summed E-state index contributed by atoms with van der Waals surface area (Å²) in [5.41, 5.74) is 0.104. The maximum atomic E-state index is 15.8. The molecule has 146 valence electrons. The number of hydrogen-bond acceptors (Lipinski definition) is 4. The highest BCUT2D eigenvalue weighted by Gasteiger charge is 2.52. The maximum absolute atomic E-state index is 15.8. The number of carbonyl (C=O) groups excluding carboxylic acids is 1. The van der Waals surface area contributed by atoms with Gasteiger partial charge in [-0.05, 0) is 37.3 Å². The minimum atomic E-state index is -1.43. The second-order valence-corrected chi connectivity index (χ2v) is 9.09. The Balaban J connectivity index is 1.35. The van der Waals surface area contributed by atoms with E-state index in [-0.39, 0.29) is 23.8 Å². The quantitative estimate of drug-likeness (QED) is 0.855. The number of fused-ring (bicyclic) bond motifs is 1. The highest BCUT2D eigenvalue weighted by atomic mass is 32.2. The number of piperidine rings is 1. The van der Waals surface area contributed by atoms with E-state index >= 15 is 4.39 Å². The number of nitrogens with zero attached hydrogens (tertiary/aromatic N) is 3. The molecule has 5 rings (SSSR count). The standard InChI is InChI=1S/C21H23FN4OS/c22-21(19-5-1-2-6-23-19)9-14-4-3-7-26(17(14)10-21)20(27)15-8-18(28-13-15)16-11-24-25-12-16/h1-2,5-6,8,11-12,14-15,17H,3-4,7,9-10,13H2,(H,24,25).